The molecule has 0 aromatic heterocycles. The maximum absolute atomic E-state index is 12.6. The Kier molecular flexibility index (Phi) is 6.22. The summed E-state index contributed by atoms with van der Waals surface area (Å²) in [5, 5.41) is 0. The number of rotatable bonds is 5. The maximum Gasteiger partial charge on any atom is 0.475 e. The highest BCUT2D eigenvalue weighted by atomic mass is 32.2. The summed E-state index contributed by atoms with van der Waals surface area (Å²) in [6.07, 6.45) is 0. The molecule has 0 radical (unpaired) electrons. The first-order valence-corrected chi connectivity index (χ1v) is 8.61. The van der Waals surface area contributed by atoms with Gasteiger partial charge in [0, 0.05) is 50.2 Å². The lowest BCUT2D eigenvalue weighted by atomic mass is 10.2. The summed E-state index contributed by atoms with van der Waals surface area (Å²) in [7, 11) is -3.02. The van der Waals surface area contributed by atoms with Crippen molar-refractivity contribution in [3.63, 3.8) is 0 Å². The van der Waals surface area contributed by atoms with E-state index in [4.69, 9.17) is 4.74 Å². The van der Waals surface area contributed by atoms with Crippen molar-refractivity contribution in [3.8, 4) is 0 Å². The summed E-state index contributed by atoms with van der Waals surface area (Å²) < 4.78 is 54.1. The monoisotopic (exact) mass is 364 g/mol. The molecule has 0 bridgehead atoms. The first kappa shape index (κ1) is 18.7. The number of alkyl halides is 3. The quantitative estimate of drug-likeness (QED) is 0.748. The Morgan fingerprint density at radius 2 is 1.92 bits per heavy atom. The molecule has 9 heteroatoms. The van der Waals surface area contributed by atoms with Crippen molar-refractivity contribution in [2.45, 2.75) is 17.3 Å². The van der Waals surface area contributed by atoms with E-state index in [9.17, 15) is 22.2 Å². The molecule has 1 aromatic rings. The van der Waals surface area contributed by atoms with Crippen molar-refractivity contribution in [1.82, 2.24) is 4.90 Å². The molecule has 1 atom stereocenters. The lowest BCUT2D eigenvalue weighted by molar-refractivity contribution is -0.141. The van der Waals surface area contributed by atoms with Gasteiger partial charge in [-0.1, -0.05) is 6.07 Å². The molecule has 1 aromatic carbocycles. The number of halogens is 3. The van der Waals surface area contributed by atoms with Gasteiger partial charge < -0.3 is 9.64 Å². The Morgan fingerprint density at radius 1 is 1.25 bits per heavy atom. The minimum absolute atomic E-state index is 0.239. The number of carbonyl (C=O) groups is 1. The molecule has 0 spiro atoms. The molecule has 1 heterocycles. The van der Waals surface area contributed by atoms with Crippen LogP contribution in [0.3, 0.4) is 0 Å². The van der Waals surface area contributed by atoms with E-state index >= 15 is 0 Å². The number of carbonyl (C=O) groups excluding carboxylic acids is 1. The summed E-state index contributed by atoms with van der Waals surface area (Å²) in [5.41, 5.74) is -4.13. The van der Waals surface area contributed by atoms with E-state index < -0.39 is 16.3 Å². The van der Waals surface area contributed by atoms with Crippen LogP contribution in [0.5, 0.6) is 0 Å². The van der Waals surface area contributed by atoms with Gasteiger partial charge in [-0.2, -0.15) is 13.2 Å². The molecule has 5 nitrogen and oxygen atoms in total. The second-order valence-electron chi connectivity index (χ2n) is 5.38. The largest absolute Gasteiger partial charge is 0.475 e. The van der Waals surface area contributed by atoms with E-state index in [2.05, 4.69) is 4.90 Å². The van der Waals surface area contributed by atoms with Gasteiger partial charge >= 0.3 is 11.5 Å². The van der Waals surface area contributed by atoms with Gasteiger partial charge in [0.2, 0.25) is 0 Å². The normalized spacial score (nSPS) is 17.6. The molecular weight excluding hydrogens is 345 g/mol. The molecule has 0 aliphatic carbocycles. The van der Waals surface area contributed by atoms with Crippen molar-refractivity contribution in [1.29, 1.82) is 0 Å². The molecule has 1 saturated heterocycles. The highest BCUT2D eigenvalue weighted by molar-refractivity contribution is 7.86. The number of anilines is 1. The van der Waals surface area contributed by atoms with Crippen LogP contribution in [0.4, 0.5) is 18.9 Å². The fourth-order valence-corrected chi connectivity index (χ4v) is 3.17. The number of benzene rings is 1. The minimum atomic E-state index is -4.76. The Hall–Kier alpha value is -1.61. The first-order valence-electron chi connectivity index (χ1n) is 7.46. The van der Waals surface area contributed by atoms with Gasteiger partial charge in [0.25, 0.3) is 0 Å². The van der Waals surface area contributed by atoms with Crippen molar-refractivity contribution < 1.29 is 26.9 Å². The highest BCUT2D eigenvalue weighted by Crippen LogP contribution is 2.28. The number of esters is 1. The standard InChI is InChI=1S/C15H19F3N2O3S/c1-12(21)23-10-9-19-5-7-20(8-6-19)13-3-2-4-14(11-13)24(22)15(16,17)18/h2-4,11H,5-10H2,1H3. The van der Waals surface area contributed by atoms with Crippen LogP contribution in [0.2, 0.25) is 0 Å². The number of nitrogens with zero attached hydrogens (tertiary/aromatic N) is 2. The molecule has 1 unspecified atom stereocenters. The molecule has 1 fully saturated rings. The van der Waals surface area contributed by atoms with Crippen LogP contribution in [0.1, 0.15) is 6.92 Å². The van der Waals surface area contributed by atoms with Gasteiger partial charge in [-0.15, -0.1) is 0 Å². The van der Waals surface area contributed by atoms with Crippen LogP contribution < -0.4 is 4.90 Å². The highest BCUT2D eigenvalue weighted by Gasteiger charge is 2.38. The van der Waals surface area contributed by atoms with Crippen molar-refractivity contribution in [2.24, 2.45) is 0 Å². The second-order valence-corrected chi connectivity index (χ2v) is 6.85. The summed E-state index contributed by atoms with van der Waals surface area (Å²) in [6, 6.07) is 5.76. The molecule has 0 saturated carbocycles. The van der Waals surface area contributed by atoms with Crippen LogP contribution in [-0.2, 0) is 20.3 Å². The minimum Gasteiger partial charge on any atom is -0.465 e. The summed E-state index contributed by atoms with van der Waals surface area (Å²) in [6.45, 7) is 5.03. The van der Waals surface area contributed by atoms with E-state index in [0.717, 1.165) is 0 Å². The lowest BCUT2D eigenvalue weighted by Gasteiger charge is -2.36. The number of hydrogen-bond donors (Lipinski definition) is 0. The van der Waals surface area contributed by atoms with Gasteiger partial charge in [-0.25, -0.2) is 4.21 Å². The zero-order valence-electron chi connectivity index (χ0n) is 13.2. The first-order chi connectivity index (χ1) is 11.3. The third kappa shape index (κ3) is 5.20. The zero-order chi connectivity index (χ0) is 17.7. The predicted molar refractivity (Wildman–Crippen MR) is 84.2 cm³/mol. The molecule has 1 aliphatic rings. The smallest absolute Gasteiger partial charge is 0.465 e. The van der Waals surface area contributed by atoms with Crippen LogP contribution >= 0.6 is 0 Å². The van der Waals surface area contributed by atoms with Gasteiger partial charge in [0.05, 0.1) is 0 Å². The van der Waals surface area contributed by atoms with Crippen molar-refractivity contribution in [3.05, 3.63) is 24.3 Å². The number of piperazine rings is 1. The maximum atomic E-state index is 12.6. The number of ether oxygens (including phenoxy) is 1. The summed E-state index contributed by atoms with van der Waals surface area (Å²) >= 11 is 0. The topological polar surface area (TPSA) is 49.9 Å². The Morgan fingerprint density at radius 3 is 2.50 bits per heavy atom. The molecule has 134 valence electrons. The SMILES string of the molecule is CC(=O)OCCN1CCN(c2cccc(S(=O)C(F)(F)F)c2)CC1. The number of hydrogen-bond acceptors (Lipinski definition) is 5. The van der Waals surface area contributed by atoms with E-state index in [0.29, 0.717) is 45.0 Å². The Bertz CT molecular complexity index is 602. The average molecular weight is 364 g/mol. The molecular formula is C15H19F3N2O3S. The molecule has 2 rings (SSSR count). The van der Waals surface area contributed by atoms with Crippen LogP contribution in [0.15, 0.2) is 29.2 Å². The lowest BCUT2D eigenvalue weighted by Crippen LogP contribution is -2.47. The Labute approximate surface area is 140 Å². The van der Waals surface area contributed by atoms with Gasteiger partial charge in [0.15, 0.2) is 10.8 Å². The average Bonchev–Trinajstić information content (AvgIpc) is 2.54. The zero-order valence-corrected chi connectivity index (χ0v) is 14.0. The van der Waals surface area contributed by atoms with Crippen molar-refractivity contribution >= 4 is 22.5 Å². The van der Waals surface area contributed by atoms with E-state index in [1.165, 1.54) is 25.1 Å². The van der Waals surface area contributed by atoms with E-state index in [1.54, 1.807) is 6.07 Å². The van der Waals surface area contributed by atoms with Crippen LogP contribution in [0, 0.1) is 0 Å². The summed E-state index contributed by atoms with van der Waals surface area (Å²) in [5.74, 6) is -0.317. The molecule has 24 heavy (non-hydrogen) atoms. The fourth-order valence-electron chi connectivity index (χ4n) is 2.48. The van der Waals surface area contributed by atoms with E-state index in [-0.39, 0.29) is 10.9 Å². The molecule has 0 N–H and O–H groups in total. The predicted octanol–water partition coefficient (Wildman–Crippen LogP) is 2.00. The molecule has 0 amide bonds. The Balaban J connectivity index is 1.92. The van der Waals surface area contributed by atoms with Crippen LogP contribution in [-0.4, -0.2) is 59.9 Å². The van der Waals surface area contributed by atoms with Gasteiger partial charge in [-0.3, -0.25) is 9.69 Å². The van der Waals surface area contributed by atoms with Crippen LogP contribution in [0.25, 0.3) is 0 Å². The van der Waals surface area contributed by atoms with E-state index in [1.807, 2.05) is 4.90 Å². The summed E-state index contributed by atoms with van der Waals surface area (Å²) in [4.78, 5) is 14.6. The fraction of sp³-hybridized carbons (Fsp3) is 0.533. The molecule has 1 aliphatic heterocycles. The third-order valence-electron chi connectivity index (χ3n) is 3.69. The van der Waals surface area contributed by atoms with Gasteiger partial charge in [0.1, 0.15) is 6.61 Å². The second kappa shape index (κ2) is 7.98. The van der Waals surface area contributed by atoms with Crippen molar-refractivity contribution in [2.75, 3.05) is 44.2 Å². The third-order valence-corrected chi connectivity index (χ3v) is 4.79. The van der Waals surface area contributed by atoms with Gasteiger partial charge in [-0.05, 0) is 18.2 Å².